The first-order valence-electron chi connectivity index (χ1n) is 6.02. The Balaban J connectivity index is 1.75. The second-order valence-electron chi connectivity index (χ2n) is 4.17. The highest BCUT2D eigenvalue weighted by molar-refractivity contribution is 5.53. The van der Waals surface area contributed by atoms with E-state index < -0.39 is 0 Å². The number of hydrogen-bond donors (Lipinski definition) is 1. The molecule has 3 rings (SSSR count). The van der Waals surface area contributed by atoms with Crippen molar-refractivity contribution in [1.82, 2.24) is 10.1 Å². The number of anilines is 1. The van der Waals surface area contributed by atoms with Gasteiger partial charge in [-0.15, -0.1) is 0 Å². The van der Waals surface area contributed by atoms with Gasteiger partial charge < -0.3 is 14.3 Å². The van der Waals surface area contributed by atoms with E-state index in [9.17, 15) is 0 Å². The summed E-state index contributed by atoms with van der Waals surface area (Å²) in [5.74, 6) is 1.77. The maximum atomic E-state index is 5.31. The van der Waals surface area contributed by atoms with E-state index in [1.54, 1.807) is 6.26 Å². The van der Waals surface area contributed by atoms with Crippen LogP contribution in [0.5, 0.6) is 0 Å². The zero-order chi connectivity index (χ0) is 13.1. The van der Waals surface area contributed by atoms with Gasteiger partial charge in [-0.25, -0.2) is 0 Å². The highest BCUT2D eigenvalue weighted by Gasteiger charge is 2.13. The summed E-state index contributed by atoms with van der Waals surface area (Å²) in [5.41, 5.74) is 0.897. The van der Waals surface area contributed by atoms with Gasteiger partial charge >= 0.3 is 0 Å². The molecule has 0 amide bonds. The van der Waals surface area contributed by atoms with Crippen molar-refractivity contribution >= 4 is 5.95 Å². The average molecular weight is 255 g/mol. The van der Waals surface area contributed by atoms with Crippen LogP contribution in [0.25, 0.3) is 11.5 Å². The molecule has 0 aliphatic carbocycles. The number of hydrogen-bond acceptors (Lipinski definition) is 5. The van der Waals surface area contributed by atoms with Crippen molar-refractivity contribution in [2.45, 2.75) is 13.0 Å². The lowest BCUT2D eigenvalue weighted by Gasteiger charge is -2.07. The van der Waals surface area contributed by atoms with E-state index in [4.69, 9.17) is 8.94 Å². The molecule has 0 aliphatic rings. The Labute approximate surface area is 110 Å². The summed E-state index contributed by atoms with van der Waals surface area (Å²) in [7, 11) is 0. The molecule has 2 heterocycles. The number of rotatable bonds is 4. The van der Waals surface area contributed by atoms with Crippen molar-refractivity contribution in [1.29, 1.82) is 0 Å². The zero-order valence-electron chi connectivity index (χ0n) is 10.4. The second kappa shape index (κ2) is 4.97. The maximum Gasteiger partial charge on any atom is 0.264 e. The van der Waals surface area contributed by atoms with Crippen molar-refractivity contribution < 1.29 is 8.94 Å². The first-order chi connectivity index (χ1) is 9.33. The predicted octanol–water partition coefficient (Wildman–Crippen LogP) is 3.50. The molecule has 3 aromatic rings. The maximum absolute atomic E-state index is 5.31. The van der Waals surface area contributed by atoms with E-state index in [0.29, 0.717) is 11.8 Å². The molecule has 0 saturated heterocycles. The van der Waals surface area contributed by atoms with Crippen molar-refractivity contribution in [3.05, 3.63) is 54.5 Å². The van der Waals surface area contributed by atoms with E-state index in [1.165, 1.54) is 0 Å². The standard InChI is InChI=1S/C14H13N3O2/c1-10(12-8-5-9-18-12)15-14-16-13(19-17-14)11-6-3-2-4-7-11/h2-10H,1H3,(H,15,17). The van der Waals surface area contributed by atoms with Gasteiger partial charge in [0.2, 0.25) is 0 Å². The molecule has 1 aromatic carbocycles. The lowest BCUT2D eigenvalue weighted by atomic mass is 10.2. The number of benzene rings is 1. The Morgan fingerprint density at radius 1 is 1.11 bits per heavy atom. The molecule has 0 spiro atoms. The molecule has 96 valence electrons. The summed E-state index contributed by atoms with van der Waals surface area (Å²) < 4.78 is 10.5. The van der Waals surface area contributed by atoms with Crippen LogP contribution in [0.3, 0.4) is 0 Å². The lowest BCUT2D eigenvalue weighted by molar-refractivity contribution is 0.430. The molecule has 5 nitrogen and oxygen atoms in total. The van der Waals surface area contributed by atoms with Crippen molar-refractivity contribution in [3.63, 3.8) is 0 Å². The highest BCUT2D eigenvalue weighted by atomic mass is 16.5. The Hall–Kier alpha value is -2.56. The third-order valence-corrected chi connectivity index (χ3v) is 2.76. The largest absolute Gasteiger partial charge is 0.467 e. The van der Waals surface area contributed by atoms with Gasteiger partial charge in [0.1, 0.15) is 5.76 Å². The fraction of sp³-hybridized carbons (Fsp3) is 0.143. The van der Waals surface area contributed by atoms with Crippen LogP contribution in [0.15, 0.2) is 57.7 Å². The predicted molar refractivity (Wildman–Crippen MR) is 70.5 cm³/mol. The van der Waals surface area contributed by atoms with Crippen LogP contribution in [0.1, 0.15) is 18.7 Å². The fourth-order valence-electron chi connectivity index (χ4n) is 1.78. The Bertz CT molecular complexity index is 632. The smallest absolute Gasteiger partial charge is 0.264 e. The number of nitrogens with one attached hydrogen (secondary N) is 1. The van der Waals surface area contributed by atoms with Crippen LogP contribution in [0.4, 0.5) is 5.95 Å². The molecule has 0 bridgehead atoms. The summed E-state index contributed by atoms with van der Waals surface area (Å²) in [5, 5.41) is 7.03. The molecule has 1 N–H and O–H groups in total. The summed E-state index contributed by atoms with van der Waals surface area (Å²) in [6, 6.07) is 13.4. The SMILES string of the molecule is CC(Nc1noc(-c2ccccc2)n1)c1ccco1. The molecular weight excluding hydrogens is 242 g/mol. The molecule has 0 radical (unpaired) electrons. The second-order valence-corrected chi connectivity index (χ2v) is 4.17. The van der Waals surface area contributed by atoms with E-state index >= 15 is 0 Å². The van der Waals surface area contributed by atoms with Crippen LogP contribution in [-0.2, 0) is 0 Å². The molecule has 0 saturated carbocycles. The fourth-order valence-corrected chi connectivity index (χ4v) is 1.78. The van der Waals surface area contributed by atoms with Gasteiger partial charge in [-0.2, -0.15) is 4.98 Å². The van der Waals surface area contributed by atoms with E-state index in [-0.39, 0.29) is 6.04 Å². The minimum atomic E-state index is -0.0174. The van der Waals surface area contributed by atoms with E-state index in [0.717, 1.165) is 11.3 Å². The van der Waals surface area contributed by atoms with Gasteiger partial charge in [-0.3, -0.25) is 0 Å². The Kier molecular flexibility index (Phi) is 3.02. The van der Waals surface area contributed by atoms with Crippen LogP contribution < -0.4 is 5.32 Å². The van der Waals surface area contributed by atoms with Crippen LogP contribution in [0, 0.1) is 0 Å². The topological polar surface area (TPSA) is 64.1 Å². The normalized spacial score (nSPS) is 12.3. The first kappa shape index (κ1) is 11.5. The molecule has 0 aliphatic heterocycles. The van der Waals surface area contributed by atoms with Crippen LogP contribution in [-0.4, -0.2) is 10.1 Å². The highest BCUT2D eigenvalue weighted by Crippen LogP contribution is 2.21. The van der Waals surface area contributed by atoms with Crippen molar-refractivity contribution in [2.24, 2.45) is 0 Å². The summed E-state index contributed by atoms with van der Waals surface area (Å²) in [4.78, 5) is 4.30. The Morgan fingerprint density at radius 2 is 1.95 bits per heavy atom. The number of nitrogens with zero attached hydrogens (tertiary/aromatic N) is 2. The number of furan rings is 1. The van der Waals surface area contributed by atoms with Gasteiger partial charge in [0.05, 0.1) is 12.3 Å². The average Bonchev–Trinajstić information content (AvgIpc) is 3.11. The van der Waals surface area contributed by atoms with Crippen molar-refractivity contribution in [3.8, 4) is 11.5 Å². The van der Waals surface area contributed by atoms with Crippen molar-refractivity contribution in [2.75, 3.05) is 5.32 Å². The molecular formula is C14H13N3O2. The minimum absolute atomic E-state index is 0.0174. The minimum Gasteiger partial charge on any atom is -0.467 e. The van der Waals surface area contributed by atoms with E-state index in [1.807, 2.05) is 49.4 Å². The molecule has 2 aromatic heterocycles. The number of aromatic nitrogens is 2. The molecule has 0 fully saturated rings. The van der Waals surface area contributed by atoms with Gasteiger partial charge in [-0.1, -0.05) is 18.2 Å². The van der Waals surface area contributed by atoms with Gasteiger partial charge in [0, 0.05) is 5.56 Å². The lowest BCUT2D eigenvalue weighted by Crippen LogP contribution is -2.06. The van der Waals surface area contributed by atoms with E-state index in [2.05, 4.69) is 15.5 Å². The quantitative estimate of drug-likeness (QED) is 0.772. The monoisotopic (exact) mass is 255 g/mol. The molecule has 1 atom stereocenters. The molecule has 1 unspecified atom stereocenters. The summed E-state index contributed by atoms with van der Waals surface area (Å²) in [6.07, 6.45) is 1.64. The van der Waals surface area contributed by atoms with Gasteiger partial charge in [-0.05, 0) is 36.3 Å². The zero-order valence-corrected chi connectivity index (χ0v) is 10.4. The third kappa shape index (κ3) is 2.49. The summed E-state index contributed by atoms with van der Waals surface area (Å²) >= 11 is 0. The molecule has 19 heavy (non-hydrogen) atoms. The first-order valence-corrected chi connectivity index (χ1v) is 6.02. The Morgan fingerprint density at radius 3 is 2.68 bits per heavy atom. The third-order valence-electron chi connectivity index (χ3n) is 2.76. The van der Waals surface area contributed by atoms with Gasteiger partial charge in [0.15, 0.2) is 0 Å². The summed E-state index contributed by atoms with van der Waals surface area (Å²) in [6.45, 7) is 1.97. The van der Waals surface area contributed by atoms with Crippen LogP contribution in [0.2, 0.25) is 0 Å². The van der Waals surface area contributed by atoms with Gasteiger partial charge in [0.25, 0.3) is 11.8 Å². The van der Waals surface area contributed by atoms with Crippen LogP contribution >= 0.6 is 0 Å². The molecule has 5 heteroatoms.